The first-order valence-electron chi connectivity index (χ1n) is 6.81. The van der Waals surface area contributed by atoms with E-state index in [0.717, 1.165) is 24.2 Å². The van der Waals surface area contributed by atoms with Crippen molar-refractivity contribution in [2.45, 2.75) is 39.5 Å². The van der Waals surface area contributed by atoms with Gasteiger partial charge < -0.3 is 10.5 Å². The Morgan fingerprint density at radius 1 is 1.32 bits per heavy atom. The summed E-state index contributed by atoms with van der Waals surface area (Å²) < 4.78 is 5.16. The molecule has 3 nitrogen and oxygen atoms in total. The molecule has 0 aliphatic carbocycles. The first kappa shape index (κ1) is 15.7. The molecule has 1 rings (SSSR count). The van der Waals surface area contributed by atoms with E-state index < -0.39 is 0 Å². The molecule has 0 bridgehead atoms. The number of benzene rings is 1. The molecule has 0 aromatic heterocycles. The maximum Gasteiger partial charge on any atom is 0.137 e. The van der Waals surface area contributed by atoms with Crippen molar-refractivity contribution < 1.29 is 9.53 Å². The van der Waals surface area contributed by atoms with Gasteiger partial charge in [-0.3, -0.25) is 4.79 Å². The van der Waals surface area contributed by atoms with Gasteiger partial charge in [0.05, 0.1) is 7.11 Å². The van der Waals surface area contributed by atoms with Crippen LogP contribution in [0.1, 0.15) is 38.7 Å². The zero-order valence-corrected chi connectivity index (χ0v) is 12.2. The number of Topliss-reactive ketones (excluding diaryl/α,β-unsaturated/α-hetero) is 1. The molecule has 19 heavy (non-hydrogen) atoms. The lowest BCUT2D eigenvalue weighted by molar-refractivity contribution is -0.119. The van der Waals surface area contributed by atoms with E-state index in [2.05, 4.69) is 13.8 Å². The fraction of sp³-hybridized carbons (Fsp3) is 0.562. The van der Waals surface area contributed by atoms with Crippen LogP contribution in [-0.4, -0.2) is 19.4 Å². The molecular weight excluding hydrogens is 238 g/mol. The second kappa shape index (κ2) is 7.29. The van der Waals surface area contributed by atoms with Crippen molar-refractivity contribution in [3.63, 3.8) is 0 Å². The van der Waals surface area contributed by atoms with Gasteiger partial charge in [-0.15, -0.1) is 0 Å². The van der Waals surface area contributed by atoms with Crippen LogP contribution in [0, 0.1) is 5.41 Å². The predicted octanol–water partition coefficient (Wildman–Crippen LogP) is 2.96. The van der Waals surface area contributed by atoms with Crippen LogP contribution >= 0.6 is 0 Å². The second-order valence-electron chi connectivity index (χ2n) is 5.77. The number of rotatable bonds is 8. The summed E-state index contributed by atoms with van der Waals surface area (Å²) in [5.74, 6) is 1.08. The van der Waals surface area contributed by atoms with E-state index in [1.165, 1.54) is 0 Å². The normalized spacial score (nSPS) is 11.4. The van der Waals surface area contributed by atoms with Gasteiger partial charge in [0.15, 0.2) is 0 Å². The summed E-state index contributed by atoms with van der Waals surface area (Å²) in [6.45, 7) is 5.01. The Morgan fingerprint density at radius 2 is 2.05 bits per heavy atom. The van der Waals surface area contributed by atoms with Gasteiger partial charge in [-0.25, -0.2) is 0 Å². The average molecular weight is 263 g/mol. The quantitative estimate of drug-likeness (QED) is 0.784. The molecule has 3 heteroatoms. The molecule has 0 unspecified atom stereocenters. The number of hydrogen-bond donors (Lipinski definition) is 1. The lowest BCUT2D eigenvalue weighted by atomic mass is 9.83. The van der Waals surface area contributed by atoms with E-state index >= 15 is 0 Å². The van der Waals surface area contributed by atoms with Crippen LogP contribution in [0.3, 0.4) is 0 Å². The van der Waals surface area contributed by atoms with Crippen molar-refractivity contribution in [3.05, 3.63) is 29.8 Å². The van der Waals surface area contributed by atoms with Crippen LogP contribution in [0.15, 0.2) is 24.3 Å². The van der Waals surface area contributed by atoms with E-state index in [9.17, 15) is 4.79 Å². The van der Waals surface area contributed by atoms with Crippen molar-refractivity contribution in [1.29, 1.82) is 0 Å². The Bertz CT molecular complexity index is 413. The fourth-order valence-corrected chi connectivity index (χ4v) is 2.09. The van der Waals surface area contributed by atoms with Crippen molar-refractivity contribution in [1.82, 2.24) is 0 Å². The van der Waals surface area contributed by atoms with E-state index in [4.69, 9.17) is 10.5 Å². The lowest BCUT2D eigenvalue weighted by Gasteiger charge is -2.23. The highest BCUT2D eigenvalue weighted by molar-refractivity contribution is 5.80. The molecule has 0 saturated carbocycles. The minimum absolute atomic E-state index is 0.152. The molecule has 0 amide bonds. The van der Waals surface area contributed by atoms with Crippen molar-refractivity contribution in [3.8, 4) is 5.75 Å². The molecular formula is C16H25NO2. The van der Waals surface area contributed by atoms with E-state index in [-0.39, 0.29) is 11.2 Å². The second-order valence-corrected chi connectivity index (χ2v) is 5.77. The Kier molecular flexibility index (Phi) is 6.03. The van der Waals surface area contributed by atoms with Gasteiger partial charge in [-0.1, -0.05) is 26.0 Å². The van der Waals surface area contributed by atoms with Gasteiger partial charge in [-0.05, 0) is 42.5 Å². The van der Waals surface area contributed by atoms with E-state index in [1.807, 2.05) is 24.3 Å². The Morgan fingerprint density at radius 3 is 2.68 bits per heavy atom. The number of carbonyl (C=O) groups is 1. The van der Waals surface area contributed by atoms with Crippen molar-refractivity contribution in [2.24, 2.45) is 11.1 Å². The molecule has 0 radical (unpaired) electrons. The third-order valence-electron chi connectivity index (χ3n) is 3.44. The molecule has 1 aromatic carbocycles. The third-order valence-corrected chi connectivity index (χ3v) is 3.44. The minimum atomic E-state index is 0.152. The molecule has 0 spiro atoms. The molecule has 1 aromatic rings. The average Bonchev–Trinajstić information content (AvgIpc) is 2.37. The first-order chi connectivity index (χ1) is 8.96. The van der Waals surface area contributed by atoms with Crippen LogP contribution < -0.4 is 10.5 Å². The number of methoxy groups -OCH3 is 1. The largest absolute Gasteiger partial charge is 0.497 e. The van der Waals surface area contributed by atoms with Gasteiger partial charge in [0.1, 0.15) is 11.5 Å². The third kappa shape index (κ3) is 5.88. The monoisotopic (exact) mass is 263 g/mol. The van der Waals surface area contributed by atoms with Crippen molar-refractivity contribution in [2.75, 3.05) is 13.7 Å². The summed E-state index contributed by atoms with van der Waals surface area (Å²) >= 11 is 0. The zero-order valence-electron chi connectivity index (χ0n) is 12.2. The molecule has 106 valence electrons. The maximum atomic E-state index is 12.0. The van der Waals surface area contributed by atoms with Gasteiger partial charge in [0.2, 0.25) is 0 Å². The molecule has 0 aliphatic heterocycles. The first-order valence-corrected chi connectivity index (χ1v) is 6.81. The van der Waals surface area contributed by atoms with Crippen LogP contribution in [-0.2, 0) is 11.2 Å². The number of ketones is 1. The SMILES string of the molecule is COc1cccc(CC(=O)CCC(C)(C)CCN)c1. The fourth-order valence-electron chi connectivity index (χ4n) is 2.09. The Hall–Kier alpha value is -1.35. The van der Waals surface area contributed by atoms with Gasteiger partial charge in [-0.2, -0.15) is 0 Å². The van der Waals surface area contributed by atoms with Gasteiger partial charge in [0.25, 0.3) is 0 Å². The summed E-state index contributed by atoms with van der Waals surface area (Å²) in [7, 11) is 1.64. The number of carbonyl (C=O) groups excluding carboxylic acids is 1. The number of hydrogen-bond acceptors (Lipinski definition) is 3. The highest BCUT2D eigenvalue weighted by atomic mass is 16.5. The van der Waals surface area contributed by atoms with Crippen LogP contribution in [0.4, 0.5) is 0 Å². The minimum Gasteiger partial charge on any atom is -0.497 e. The van der Waals surface area contributed by atoms with Gasteiger partial charge >= 0.3 is 0 Å². The molecule has 0 aliphatic rings. The van der Waals surface area contributed by atoms with Crippen LogP contribution in [0.5, 0.6) is 5.75 Å². The Labute approximate surface area is 116 Å². The molecule has 2 N–H and O–H groups in total. The summed E-state index contributed by atoms with van der Waals surface area (Å²) in [6.07, 6.45) is 2.95. The lowest BCUT2D eigenvalue weighted by Crippen LogP contribution is -2.18. The predicted molar refractivity (Wildman–Crippen MR) is 78.4 cm³/mol. The number of nitrogens with two attached hydrogens (primary N) is 1. The summed E-state index contributed by atoms with van der Waals surface area (Å²) in [5.41, 5.74) is 6.74. The zero-order chi connectivity index (χ0) is 14.3. The van der Waals surface area contributed by atoms with E-state index in [1.54, 1.807) is 7.11 Å². The van der Waals surface area contributed by atoms with Gasteiger partial charge in [0, 0.05) is 12.8 Å². The summed E-state index contributed by atoms with van der Waals surface area (Å²) in [4.78, 5) is 12.0. The van der Waals surface area contributed by atoms with Crippen LogP contribution in [0.25, 0.3) is 0 Å². The molecule has 0 saturated heterocycles. The molecule has 0 atom stereocenters. The van der Waals surface area contributed by atoms with E-state index in [0.29, 0.717) is 19.4 Å². The van der Waals surface area contributed by atoms with Crippen LogP contribution in [0.2, 0.25) is 0 Å². The molecule has 0 heterocycles. The standard InChI is InChI=1S/C16H25NO2/c1-16(2,9-10-17)8-7-14(18)11-13-5-4-6-15(12-13)19-3/h4-6,12H,7-11,17H2,1-3H3. The molecule has 0 fully saturated rings. The summed E-state index contributed by atoms with van der Waals surface area (Å²) in [5, 5.41) is 0. The highest BCUT2D eigenvalue weighted by Gasteiger charge is 2.18. The Balaban J connectivity index is 2.46. The number of ether oxygens (including phenoxy) is 1. The van der Waals surface area contributed by atoms with Crippen molar-refractivity contribution >= 4 is 5.78 Å². The smallest absolute Gasteiger partial charge is 0.137 e. The maximum absolute atomic E-state index is 12.0. The summed E-state index contributed by atoms with van der Waals surface area (Å²) in [6, 6.07) is 7.69. The highest BCUT2D eigenvalue weighted by Crippen LogP contribution is 2.26. The topological polar surface area (TPSA) is 52.3 Å².